The maximum Gasteiger partial charge on any atom is 0.133 e. The third-order valence-electron chi connectivity index (χ3n) is 10.0. The highest BCUT2D eigenvalue weighted by Crippen LogP contribution is 2.42. The summed E-state index contributed by atoms with van der Waals surface area (Å²) >= 11 is 0. The fraction of sp³-hybridized carbons (Fsp3) is 0.178. The first-order valence-corrected chi connectivity index (χ1v) is 17.0. The third kappa shape index (κ3) is 4.90. The van der Waals surface area contributed by atoms with E-state index in [9.17, 15) is 9.65 Å². The van der Waals surface area contributed by atoms with Gasteiger partial charge in [-0.3, -0.25) is 0 Å². The molecule has 8 aromatic rings. The number of fused-ring (bicyclic) bond motifs is 6. The van der Waals surface area contributed by atoms with Gasteiger partial charge in [0, 0.05) is 33.2 Å². The van der Waals surface area contributed by atoms with Gasteiger partial charge in [0.05, 0.1) is 33.4 Å². The van der Waals surface area contributed by atoms with E-state index in [0.29, 0.717) is 22.5 Å². The molecule has 5 heteroatoms. The van der Waals surface area contributed by atoms with E-state index in [2.05, 4.69) is 117 Å². The van der Waals surface area contributed by atoms with Gasteiger partial charge in [-0.15, -0.1) is 0 Å². The molecular weight excluding hydrogens is 621 g/mol. The van der Waals surface area contributed by atoms with E-state index in [0.717, 1.165) is 49.7 Å². The Balaban J connectivity index is 1.54. The summed E-state index contributed by atoms with van der Waals surface area (Å²) in [5.41, 5.74) is 8.52. The number of rotatable bonds is 3. The zero-order valence-electron chi connectivity index (χ0n) is 29.1. The topological polar surface area (TPSA) is 33.6 Å². The van der Waals surface area contributed by atoms with E-state index in [1.165, 1.54) is 23.3 Å². The summed E-state index contributed by atoms with van der Waals surface area (Å²) < 4.78 is 34.1. The summed E-state index contributed by atoms with van der Waals surface area (Å²) in [5, 5.41) is 15.4. The second kappa shape index (κ2) is 11.1. The normalized spacial score (nSPS) is 12.4. The molecule has 0 saturated carbocycles. The minimum atomic E-state index is -0.666. The van der Waals surface area contributed by atoms with Crippen molar-refractivity contribution >= 4 is 43.6 Å². The van der Waals surface area contributed by atoms with E-state index in [1.54, 1.807) is 0 Å². The van der Waals surface area contributed by atoms with Crippen molar-refractivity contribution in [2.24, 2.45) is 0 Å². The molecule has 0 spiro atoms. The summed E-state index contributed by atoms with van der Waals surface area (Å²) in [7, 11) is 0. The second-order valence-corrected chi connectivity index (χ2v) is 15.3. The van der Waals surface area contributed by atoms with Crippen LogP contribution in [-0.4, -0.2) is 9.13 Å². The van der Waals surface area contributed by atoms with Crippen LogP contribution >= 0.6 is 0 Å². The average molecular weight is 658 g/mol. The largest absolute Gasteiger partial charge is 0.308 e. The lowest BCUT2D eigenvalue weighted by Crippen LogP contribution is -2.11. The smallest absolute Gasteiger partial charge is 0.133 e. The van der Waals surface area contributed by atoms with E-state index < -0.39 is 11.6 Å². The van der Waals surface area contributed by atoms with Crippen LogP contribution < -0.4 is 0 Å². The van der Waals surface area contributed by atoms with Crippen LogP contribution in [0, 0.1) is 23.0 Å². The molecule has 0 fully saturated rings. The molecule has 0 aliphatic rings. The molecule has 0 radical (unpaired) electrons. The van der Waals surface area contributed by atoms with Crippen LogP contribution in [0.3, 0.4) is 0 Å². The maximum atomic E-state index is 15.7. The lowest BCUT2D eigenvalue weighted by molar-refractivity contribution is 0.585. The lowest BCUT2D eigenvalue weighted by Gasteiger charge is -2.20. The van der Waals surface area contributed by atoms with Gasteiger partial charge >= 0.3 is 0 Å². The number of hydrogen-bond acceptors (Lipinski definition) is 1. The predicted octanol–water partition coefficient (Wildman–Crippen LogP) is 12.3. The highest BCUT2D eigenvalue weighted by molar-refractivity contribution is 6.11. The van der Waals surface area contributed by atoms with Crippen LogP contribution in [0.15, 0.2) is 115 Å². The lowest BCUT2D eigenvalue weighted by atomic mass is 9.86. The number of nitrogens with zero attached hydrogens (tertiary/aromatic N) is 3. The highest BCUT2D eigenvalue weighted by Gasteiger charge is 2.25. The number of para-hydroxylation sites is 2. The van der Waals surface area contributed by atoms with Crippen LogP contribution in [0.2, 0.25) is 0 Å². The number of nitriles is 1. The van der Waals surface area contributed by atoms with Crippen LogP contribution in [0.4, 0.5) is 8.78 Å². The Morgan fingerprint density at radius 1 is 0.520 bits per heavy atom. The molecule has 0 atom stereocenters. The number of aromatic nitrogens is 2. The van der Waals surface area contributed by atoms with Crippen molar-refractivity contribution in [3.8, 4) is 28.6 Å². The van der Waals surface area contributed by atoms with E-state index in [-0.39, 0.29) is 16.4 Å². The van der Waals surface area contributed by atoms with Crippen molar-refractivity contribution in [3.63, 3.8) is 0 Å². The molecular formula is C45H37F2N3. The minimum Gasteiger partial charge on any atom is -0.308 e. The molecule has 0 unspecified atom stereocenters. The number of hydrogen-bond donors (Lipinski definition) is 0. The van der Waals surface area contributed by atoms with Crippen LogP contribution in [0.1, 0.15) is 58.2 Å². The Labute approximate surface area is 290 Å². The van der Waals surface area contributed by atoms with Gasteiger partial charge < -0.3 is 9.13 Å². The summed E-state index contributed by atoms with van der Waals surface area (Å²) in [5.74, 6) is -1.31. The number of halogens is 2. The molecule has 2 aromatic heterocycles. The van der Waals surface area contributed by atoms with E-state index >= 15 is 4.39 Å². The van der Waals surface area contributed by atoms with Crippen LogP contribution in [0.25, 0.3) is 66.1 Å². The summed E-state index contributed by atoms with van der Waals surface area (Å²) in [6, 6.07) is 39.4. The molecule has 0 saturated heterocycles. The van der Waals surface area contributed by atoms with Crippen LogP contribution in [-0.2, 0) is 10.8 Å². The Morgan fingerprint density at radius 3 is 1.42 bits per heavy atom. The van der Waals surface area contributed by atoms with Crippen molar-refractivity contribution in [2.45, 2.75) is 52.4 Å². The Kier molecular flexibility index (Phi) is 7.03. The quantitative estimate of drug-likeness (QED) is 0.186. The predicted molar refractivity (Wildman–Crippen MR) is 203 cm³/mol. The SMILES string of the molecule is CC(C)(C)c1ccc2c(c1)c1ccccc1n2-c1cc(-c2ccc(F)cc2F)cc(-n2c3ccccc3c3cc(C(C)(C)C)ccc32)c1C#N. The molecule has 6 aromatic carbocycles. The molecule has 0 aliphatic carbocycles. The van der Waals surface area contributed by atoms with E-state index in [4.69, 9.17) is 0 Å². The van der Waals surface area contributed by atoms with Gasteiger partial charge in [0.25, 0.3) is 0 Å². The molecule has 2 heterocycles. The summed E-state index contributed by atoms with van der Waals surface area (Å²) in [4.78, 5) is 0. The average Bonchev–Trinajstić information content (AvgIpc) is 3.59. The monoisotopic (exact) mass is 657 g/mol. The Hall–Kier alpha value is -5.73. The molecule has 0 aliphatic heterocycles. The van der Waals surface area contributed by atoms with Gasteiger partial charge in [-0.1, -0.05) is 90.1 Å². The standard InChI is InChI=1S/C45H37F2N3/c1-44(2,3)28-15-19-40-34(23-28)32-11-7-9-13-38(32)49(40)42-21-27(31-18-17-30(46)25-37(31)47)22-43(36(42)26-48)50-39-14-10-8-12-33(39)35-24-29(45(4,5)6)16-20-41(35)50/h7-25H,1-6H3. The van der Waals surface area contributed by atoms with E-state index in [1.807, 2.05) is 36.4 Å². The third-order valence-corrected chi connectivity index (χ3v) is 10.0. The Morgan fingerprint density at radius 2 is 0.980 bits per heavy atom. The summed E-state index contributed by atoms with van der Waals surface area (Å²) in [6.45, 7) is 13.2. The first-order chi connectivity index (χ1) is 23.8. The Bertz CT molecular complexity index is 2550. The fourth-order valence-corrected chi connectivity index (χ4v) is 7.36. The van der Waals surface area contributed by atoms with Gasteiger partial charge in [-0.25, -0.2) is 8.78 Å². The van der Waals surface area contributed by atoms with Crippen LogP contribution in [0.5, 0.6) is 0 Å². The van der Waals surface area contributed by atoms with Gasteiger partial charge in [-0.2, -0.15) is 5.26 Å². The van der Waals surface area contributed by atoms with Gasteiger partial charge in [-0.05, 0) is 88.2 Å². The van der Waals surface area contributed by atoms with Crippen molar-refractivity contribution < 1.29 is 8.78 Å². The molecule has 3 nitrogen and oxygen atoms in total. The van der Waals surface area contributed by atoms with Crippen molar-refractivity contribution in [2.75, 3.05) is 0 Å². The molecule has 0 bridgehead atoms. The van der Waals surface area contributed by atoms with Gasteiger partial charge in [0.2, 0.25) is 0 Å². The zero-order valence-corrected chi connectivity index (χ0v) is 29.1. The second-order valence-electron chi connectivity index (χ2n) is 15.3. The summed E-state index contributed by atoms with van der Waals surface area (Å²) in [6.07, 6.45) is 0. The van der Waals surface area contributed by atoms with Crippen molar-refractivity contribution in [3.05, 3.63) is 144 Å². The zero-order chi connectivity index (χ0) is 35.1. The molecule has 8 rings (SSSR count). The number of benzene rings is 6. The first kappa shape index (κ1) is 31.5. The molecule has 246 valence electrons. The highest BCUT2D eigenvalue weighted by atomic mass is 19.1. The van der Waals surface area contributed by atoms with Crippen molar-refractivity contribution in [1.29, 1.82) is 5.26 Å². The van der Waals surface area contributed by atoms with Gasteiger partial charge in [0.15, 0.2) is 0 Å². The first-order valence-electron chi connectivity index (χ1n) is 17.0. The molecule has 0 N–H and O–H groups in total. The van der Waals surface area contributed by atoms with Gasteiger partial charge in [0.1, 0.15) is 23.3 Å². The fourth-order valence-electron chi connectivity index (χ4n) is 7.36. The minimum absolute atomic E-state index is 0.0637. The molecule has 0 amide bonds. The molecule has 50 heavy (non-hydrogen) atoms. The maximum absolute atomic E-state index is 15.7. The van der Waals surface area contributed by atoms with Crippen molar-refractivity contribution in [1.82, 2.24) is 9.13 Å².